The summed E-state index contributed by atoms with van der Waals surface area (Å²) in [7, 11) is 0. The second kappa shape index (κ2) is 3.39. The van der Waals surface area contributed by atoms with E-state index in [-0.39, 0.29) is 17.4 Å². The average Bonchev–Trinajstić information content (AvgIpc) is 2.74. The molecular weight excluding hydrogens is 246 g/mol. The highest BCUT2D eigenvalue weighted by atomic mass is 16.6. The lowest BCUT2D eigenvalue weighted by Crippen LogP contribution is -2.53. The molecule has 1 spiro atoms. The molecule has 3 rings (SSSR count). The van der Waals surface area contributed by atoms with Crippen molar-refractivity contribution in [2.75, 3.05) is 0 Å². The summed E-state index contributed by atoms with van der Waals surface area (Å²) in [5.74, 6) is -0.221. The van der Waals surface area contributed by atoms with Crippen LogP contribution in [0, 0.1) is 5.41 Å². The number of carbonyl (C=O) groups excluding carboxylic acids is 2. The summed E-state index contributed by atoms with van der Waals surface area (Å²) in [6, 6.07) is 0. The molecule has 0 aromatic carbocycles. The number of likely N-dealkylation sites (tertiary alicyclic amines) is 1. The maximum absolute atomic E-state index is 12.3. The Hall–Kier alpha value is -1.36. The summed E-state index contributed by atoms with van der Waals surface area (Å²) in [6.07, 6.45) is 4.26. The van der Waals surface area contributed by atoms with Gasteiger partial charge in [0.15, 0.2) is 5.72 Å². The van der Waals surface area contributed by atoms with E-state index in [4.69, 9.17) is 9.47 Å². The number of amides is 2. The fraction of sp³-hybridized carbons (Fsp3) is 0.714. The molecule has 0 saturated carbocycles. The van der Waals surface area contributed by atoms with Crippen LogP contribution in [0.1, 0.15) is 40.5 Å². The summed E-state index contributed by atoms with van der Waals surface area (Å²) in [5, 5.41) is 0. The fourth-order valence-corrected chi connectivity index (χ4v) is 3.33. The molecule has 2 fully saturated rings. The summed E-state index contributed by atoms with van der Waals surface area (Å²) in [5.41, 5.74) is -1.90. The SMILES string of the molecule is CC(C)(C)OC(=O)N1C(=O)C[C@]2(C)C[C@H]3C=C[C@@]12O3. The van der Waals surface area contributed by atoms with Crippen LogP contribution in [0.2, 0.25) is 0 Å². The molecule has 0 unspecified atom stereocenters. The first-order valence-corrected chi connectivity index (χ1v) is 6.60. The lowest BCUT2D eigenvalue weighted by atomic mass is 9.75. The first kappa shape index (κ1) is 12.7. The third-order valence-electron chi connectivity index (χ3n) is 4.08. The molecule has 0 aromatic heterocycles. The summed E-state index contributed by atoms with van der Waals surface area (Å²) >= 11 is 0. The van der Waals surface area contributed by atoms with Crippen molar-refractivity contribution in [3.8, 4) is 0 Å². The van der Waals surface area contributed by atoms with Crippen molar-refractivity contribution in [3.63, 3.8) is 0 Å². The van der Waals surface area contributed by atoms with Crippen LogP contribution in [0.5, 0.6) is 0 Å². The second-order valence-corrected chi connectivity index (χ2v) is 6.86. The Bertz CT molecular complexity index is 492. The Morgan fingerprint density at radius 1 is 1.53 bits per heavy atom. The summed E-state index contributed by atoms with van der Waals surface area (Å²) in [4.78, 5) is 25.7. The van der Waals surface area contributed by atoms with Crippen molar-refractivity contribution in [3.05, 3.63) is 12.2 Å². The third-order valence-corrected chi connectivity index (χ3v) is 4.08. The van der Waals surface area contributed by atoms with Gasteiger partial charge in [-0.05, 0) is 33.3 Å². The van der Waals surface area contributed by atoms with Gasteiger partial charge in [0.25, 0.3) is 0 Å². The highest BCUT2D eigenvalue weighted by Gasteiger charge is 2.69. The smallest absolute Gasteiger partial charge is 0.419 e. The lowest BCUT2D eigenvalue weighted by molar-refractivity contribution is -0.143. The van der Waals surface area contributed by atoms with Crippen LogP contribution in [-0.2, 0) is 14.3 Å². The normalized spacial score (nSPS) is 39.9. The van der Waals surface area contributed by atoms with Gasteiger partial charge < -0.3 is 9.47 Å². The molecule has 5 heteroatoms. The molecule has 2 bridgehead atoms. The highest BCUT2D eigenvalue weighted by Crippen LogP contribution is 2.59. The molecule has 3 atom stereocenters. The maximum atomic E-state index is 12.3. The van der Waals surface area contributed by atoms with Gasteiger partial charge in [-0.15, -0.1) is 0 Å². The number of nitrogens with zero attached hydrogens (tertiary/aromatic N) is 1. The number of imide groups is 1. The minimum absolute atomic E-state index is 0.00281. The fourth-order valence-electron chi connectivity index (χ4n) is 3.33. The maximum Gasteiger partial charge on any atom is 0.419 e. The van der Waals surface area contributed by atoms with Crippen LogP contribution in [0.25, 0.3) is 0 Å². The van der Waals surface area contributed by atoms with Gasteiger partial charge in [-0.25, -0.2) is 9.69 Å². The summed E-state index contributed by atoms with van der Waals surface area (Å²) in [6.45, 7) is 7.35. The molecule has 3 heterocycles. The number of carbonyl (C=O) groups is 2. The van der Waals surface area contributed by atoms with Crippen molar-refractivity contribution < 1.29 is 19.1 Å². The van der Waals surface area contributed by atoms with E-state index in [1.807, 2.05) is 19.1 Å². The predicted octanol–water partition coefficient (Wildman–Crippen LogP) is 2.22. The van der Waals surface area contributed by atoms with Gasteiger partial charge in [0, 0.05) is 11.8 Å². The van der Waals surface area contributed by atoms with Crippen LogP contribution >= 0.6 is 0 Å². The number of hydrogen-bond acceptors (Lipinski definition) is 4. The number of hydrogen-bond donors (Lipinski definition) is 0. The molecule has 0 aromatic rings. The van der Waals surface area contributed by atoms with Crippen LogP contribution in [0.3, 0.4) is 0 Å². The second-order valence-electron chi connectivity index (χ2n) is 6.86. The van der Waals surface area contributed by atoms with Crippen LogP contribution < -0.4 is 0 Å². The standard InChI is InChI=1S/C14H19NO4/c1-12(2,3)19-11(17)15-10(16)8-13(4)7-9-5-6-14(13,15)18-9/h5-6,9H,7-8H2,1-4H3/t9-,13+,14+/m1/s1. The quantitative estimate of drug-likeness (QED) is 0.630. The Morgan fingerprint density at radius 2 is 2.21 bits per heavy atom. The Morgan fingerprint density at radius 3 is 2.79 bits per heavy atom. The van der Waals surface area contributed by atoms with Gasteiger partial charge in [-0.2, -0.15) is 0 Å². The first-order chi connectivity index (χ1) is 8.67. The van der Waals surface area contributed by atoms with E-state index >= 15 is 0 Å². The van der Waals surface area contributed by atoms with E-state index in [9.17, 15) is 9.59 Å². The largest absolute Gasteiger partial charge is 0.443 e. The monoisotopic (exact) mass is 265 g/mol. The van der Waals surface area contributed by atoms with Crippen molar-refractivity contribution >= 4 is 12.0 Å². The topological polar surface area (TPSA) is 55.8 Å². The molecule has 0 N–H and O–H groups in total. The van der Waals surface area contributed by atoms with Gasteiger partial charge in [0.05, 0.1) is 6.10 Å². The highest BCUT2D eigenvalue weighted by molar-refractivity contribution is 5.96. The Balaban J connectivity index is 1.95. The zero-order chi connectivity index (χ0) is 14.1. The molecular formula is C14H19NO4. The Kier molecular flexibility index (Phi) is 2.26. The van der Waals surface area contributed by atoms with Gasteiger partial charge in [-0.3, -0.25) is 4.79 Å². The molecule has 3 aliphatic heterocycles. The zero-order valence-electron chi connectivity index (χ0n) is 11.7. The third kappa shape index (κ3) is 1.57. The van der Waals surface area contributed by atoms with Gasteiger partial charge in [0.1, 0.15) is 5.60 Å². The van der Waals surface area contributed by atoms with E-state index in [1.54, 1.807) is 20.8 Å². The van der Waals surface area contributed by atoms with E-state index < -0.39 is 17.4 Å². The molecule has 19 heavy (non-hydrogen) atoms. The van der Waals surface area contributed by atoms with Crippen molar-refractivity contribution in [1.29, 1.82) is 0 Å². The van der Waals surface area contributed by atoms with E-state index in [0.29, 0.717) is 6.42 Å². The molecule has 2 saturated heterocycles. The lowest BCUT2D eigenvalue weighted by Gasteiger charge is -2.37. The molecule has 2 amide bonds. The van der Waals surface area contributed by atoms with Crippen molar-refractivity contribution in [2.45, 2.75) is 58.0 Å². The van der Waals surface area contributed by atoms with Gasteiger partial charge in [0.2, 0.25) is 5.91 Å². The molecule has 5 nitrogen and oxygen atoms in total. The van der Waals surface area contributed by atoms with E-state index in [2.05, 4.69) is 0 Å². The molecule has 0 radical (unpaired) electrons. The average molecular weight is 265 g/mol. The van der Waals surface area contributed by atoms with E-state index in [1.165, 1.54) is 4.90 Å². The number of rotatable bonds is 0. The van der Waals surface area contributed by atoms with E-state index in [0.717, 1.165) is 6.42 Å². The number of ether oxygens (including phenoxy) is 2. The molecule has 3 aliphatic rings. The summed E-state index contributed by atoms with van der Waals surface area (Å²) < 4.78 is 11.2. The minimum Gasteiger partial charge on any atom is -0.443 e. The van der Waals surface area contributed by atoms with Crippen molar-refractivity contribution in [1.82, 2.24) is 4.90 Å². The van der Waals surface area contributed by atoms with Crippen LogP contribution in [0.15, 0.2) is 12.2 Å². The van der Waals surface area contributed by atoms with Gasteiger partial charge in [-0.1, -0.05) is 13.0 Å². The van der Waals surface area contributed by atoms with Gasteiger partial charge >= 0.3 is 6.09 Å². The van der Waals surface area contributed by atoms with Crippen molar-refractivity contribution in [2.24, 2.45) is 5.41 Å². The predicted molar refractivity (Wildman–Crippen MR) is 67.2 cm³/mol. The first-order valence-electron chi connectivity index (χ1n) is 6.60. The van der Waals surface area contributed by atoms with Crippen LogP contribution in [0.4, 0.5) is 4.79 Å². The number of fused-ring (bicyclic) bond motifs is 1. The van der Waals surface area contributed by atoms with Crippen LogP contribution in [-0.4, -0.2) is 34.3 Å². The Labute approximate surface area is 112 Å². The minimum atomic E-state index is -0.933. The molecule has 0 aliphatic carbocycles. The zero-order valence-corrected chi connectivity index (χ0v) is 11.7. The molecule has 104 valence electrons.